The van der Waals surface area contributed by atoms with E-state index in [-0.39, 0.29) is 16.1 Å². The Labute approximate surface area is 183 Å². The molecule has 164 valence electrons. The lowest BCUT2D eigenvalue weighted by molar-refractivity contribution is -0.119. The lowest BCUT2D eigenvalue weighted by Gasteiger charge is -2.23. The molecule has 0 unspecified atom stereocenters. The van der Waals surface area contributed by atoms with Crippen molar-refractivity contribution in [3.8, 4) is 0 Å². The number of rotatable bonds is 8. The van der Waals surface area contributed by atoms with E-state index < -0.39 is 34.3 Å². The van der Waals surface area contributed by atoms with Gasteiger partial charge in [0.05, 0.1) is 22.4 Å². The van der Waals surface area contributed by atoms with E-state index in [4.69, 9.17) is 5.11 Å². The molecule has 8 nitrogen and oxygen atoms in total. The first kappa shape index (κ1) is 22.6. The van der Waals surface area contributed by atoms with Gasteiger partial charge in [0.25, 0.3) is 15.9 Å². The second kappa shape index (κ2) is 9.84. The van der Waals surface area contributed by atoms with E-state index >= 15 is 0 Å². The molecular formula is C22H18FN3O5S. The van der Waals surface area contributed by atoms with Gasteiger partial charge in [0.15, 0.2) is 0 Å². The zero-order valence-electron chi connectivity index (χ0n) is 16.6. The number of aromatic carboxylic acids is 1. The summed E-state index contributed by atoms with van der Waals surface area (Å²) in [6, 6.07) is 18.0. The number of carbonyl (C=O) groups excluding carboxylic acids is 1. The SMILES string of the molecule is O=C(CN(c1ccc(F)cc1)S(=O)(=O)c1ccccc1)N/N=C\c1ccc(C(=O)O)cc1. The minimum Gasteiger partial charge on any atom is -0.478 e. The van der Waals surface area contributed by atoms with Crippen LogP contribution in [0.15, 0.2) is 88.9 Å². The van der Waals surface area contributed by atoms with Crippen LogP contribution in [0, 0.1) is 5.82 Å². The Hall–Kier alpha value is -4.05. The number of sulfonamides is 1. The third-order valence-corrected chi connectivity index (χ3v) is 6.08. The van der Waals surface area contributed by atoms with E-state index in [1.54, 1.807) is 18.2 Å². The van der Waals surface area contributed by atoms with Crippen LogP contribution in [0.5, 0.6) is 0 Å². The molecule has 3 aromatic carbocycles. The highest BCUT2D eigenvalue weighted by molar-refractivity contribution is 7.92. The third-order valence-electron chi connectivity index (χ3n) is 4.29. The number of amides is 1. The fourth-order valence-electron chi connectivity index (χ4n) is 2.70. The fourth-order valence-corrected chi connectivity index (χ4v) is 4.14. The second-order valence-corrected chi connectivity index (χ2v) is 8.38. The van der Waals surface area contributed by atoms with Crippen LogP contribution in [-0.2, 0) is 14.8 Å². The Morgan fingerprint density at radius 1 is 0.969 bits per heavy atom. The minimum atomic E-state index is -4.11. The van der Waals surface area contributed by atoms with Gasteiger partial charge < -0.3 is 5.11 Å². The second-order valence-electron chi connectivity index (χ2n) is 6.52. The predicted octanol–water partition coefficient (Wildman–Crippen LogP) is 2.87. The van der Waals surface area contributed by atoms with E-state index in [0.717, 1.165) is 16.4 Å². The number of nitrogens with zero attached hydrogens (tertiary/aromatic N) is 2. The van der Waals surface area contributed by atoms with Crippen molar-refractivity contribution in [3.63, 3.8) is 0 Å². The van der Waals surface area contributed by atoms with Gasteiger partial charge >= 0.3 is 5.97 Å². The van der Waals surface area contributed by atoms with Gasteiger partial charge in [-0.05, 0) is 54.1 Å². The molecule has 32 heavy (non-hydrogen) atoms. The first-order valence-electron chi connectivity index (χ1n) is 9.26. The van der Waals surface area contributed by atoms with Crippen molar-refractivity contribution >= 4 is 33.8 Å². The predicted molar refractivity (Wildman–Crippen MR) is 117 cm³/mol. The van der Waals surface area contributed by atoms with E-state index in [9.17, 15) is 22.4 Å². The van der Waals surface area contributed by atoms with Crippen molar-refractivity contribution in [2.75, 3.05) is 10.8 Å². The smallest absolute Gasteiger partial charge is 0.335 e. The van der Waals surface area contributed by atoms with Gasteiger partial charge in [-0.15, -0.1) is 0 Å². The van der Waals surface area contributed by atoms with Crippen LogP contribution in [-0.4, -0.2) is 38.2 Å². The van der Waals surface area contributed by atoms with Crippen molar-refractivity contribution in [2.45, 2.75) is 4.90 Å². The summed E-state index contributed by atoms with van der Waals surface area (Å²) in [5.74, 6) is -2.34. The van der Waals surface area contributed by atoms with Crippen molar-refractivity contribution in [3.05, 3.63) is 95.8 Å². The molecule has 0 fully saturated rings. The number of carboxylic acids is 1. The van der Waals surface area contributed by atoms with Crippen molar-refractivity contribution < 1.29 is 27.5 Å². The number of hydrogen-bond acceptors (Lipinski definition) is 5. The van der Waals surface area contributed by atoms with Gasteiger partial charge in [-0.3, -0.25) is 9.10 Å². The van der Waals surface area contributed by atoms with Gasteiger partial charge in [0.2, 0.25) is 0 Å². The summed E-state index contributed by atoms with van der Waals surface area (Å²) < 4.78 is 40.4. The molecule has 1 amide bonds. The van der Waals surface area contributed by atoms with Gasteiger partial charge in [0.1, 0.15) is 12.4 Å². The minimum absolute atomic E-state index is 0.0286. The highest BCUT2D eigenvalue weighted by Crippen LogP contribution is 2.23. The Morgan fingerprint density at radius 3 is 2.19 bits per heavy atom. The van der Waals surface area contributed by atoms with Crippen LogP contribution < -0.4 is 9.73 Å². The summed E-state index contributed by atoms with van der Waals surface area (Å²) in [6.45, 7) is -0.599. The number of nitrogens with one attached hydrogen (secondary N) is 1. The molecule has 0 aliphatic carbocycles. The Morgan fingerprint density at radius 2 is 1.59 bits per heavy atom. The molecule has 0 spiro atoms. The number of halogens is 1. The topological polar surface area (TPSA) is 116 Å². The molecule has 3 aromatic rings. The number of hydrazone groups is 1. The maximum absolute atomic E-state index is 13.3. The van der Waals surface area contributed by atoms with Crippen LogP contribution in [0.1, 0.15) is 15.9 Å². The van der Waals surface area contributed by atoms with E-state index in [0.29, 0.717) is 5.56 Å². The van der Waals surface area contributed by atoms with Crippen LogP contribution >= 0.6 is 0 Å². The first-order valence-corrected chi connectivity index (χ1v) is 10.7. The summed E-state index contributed by atoms with van der Waals surface area (Å²) in [5.41, 5.74) is 2.98. The fraction of sp³-hybridized carbons (Fsp3) is 0.0455. The van der Waals surface area contributed by atoms with Crippen LogP contribution in [0.2, 0.25) is 0 Å². The Balaban J connectivity index is 1.78. The maximum Gasteiger partial charge on any atom is 0.335 e. The molecule has 0 aliphatic rings. The summed E-state index contributed by atoms with van der Waals surface area (Å²) in [6.07, 6.45) is 1.29. The van der Waals surface area contributed by atoms with Crippen LogP contribution in [0.3, 0.4) is 0 Å². The van der Waals surface area contributed by atoms with Gasteiger partial charge in [-0.1, -0.05) is 30.3 Å². The highest BCUT2D eigenvalue weighted by atomic mass is 32.2. The average molecular weight is 455 g/mol. The maximum atomic E-state index is 13.3. The summed E-state index contributed by atoms with van der Waals surface area (Å²) in [4.78, 5) is 23.3. The van der Waals surface area contributed by atoms with Crippen molar-refractivity contribution in [1.82, 2.24) is 5.43 Å². The zero-order chi connectivity index (χ0) is 23.1. The van der Waals surface area contributed by atoms with E-state index in [1.165, 1.54) is 54.7 Å². The Kier molecular flexibility index (Phi) is 6.96. The zero-order valence-corrected chi connectivity index (χ0v) is 17.4. The molecule has 0 heterocycles. The van der Waals surface area contributed by atoms with Crippen LogP contribution in [0.25, 0.3) is 0 Å². The molecule has 2 N–H and O–H groups in total. The van der Waals surface area contributed by atoms with E-state index in [1.807, 2.05) is 0 Å². The quantitative estimate of drug-likeness (QED) is 0.400. The van der Waals surface area contributed by atoms with Gasteiger partial charge in [-0.25, -0.2) is 23.0 Å². The first-order chi connectivity index (χ1) is 15.3. The summed E-state index contributed by atoms with van der Waals surface area (Å²) in [5, 5.41) is 12.7. The van der Waals surface area contributed by atoms with Gasteiger partial charge in [0, 0.05) is 0 Å². The van der Waals surface area contributed by atoms with Crippen LogP contribution in [0.4, 0.5) is 10.1 Å². The molecule has 10 heteroatoms. The largest absolute Gasteiger partial charge is 0.478 e. The molecule has 3 rings (SSSR count). The third kappa shape index (κ3) is 5.55. The molecule has 0 bridgehead atoms. The molecule has 0 aromatic heterocycles. The molecule has 0 saturated carbocycles. The molecule has 0 aliphatic heterocycles. The standard InChI is InChI=1S/C22H18FN3O5S/c23-18-10-12-19(13-11-18)26(32(30,31)20-4-2-1-3-5-20)15-21(27)25-24-14-16-6-8-17(9-7-16)22(28)29/h1-14H,15H2,(H,25,27)(H,28,29)/b24-14-. The lowest BCUT2D eigenvalue weighted by atomic mass is 10.1. The number of carboxylic acid groups (broad SMARTS) is 1. The van der Waals surface area contributed by atoms with Gasteiger partial charge in [-0.2, -0.15) is 5.10 Å². The summed E-state index contributed by atoms with van der Waals surface area (Å²) >= 11 is 0. The molecule has 0 atom stereocenters. The lowest BCUT2D eigenvalue weighted by Crippen LogP contribution is -2.39. The monoisotopic (exact) mass is 455 g/mol. The Bertz CT molecular complexity index is 1230. The molecule has 0 saturated heterocycles. The number of benzene rings is 3. The number of hydrogen-bond donors (Lipinski definition) is 2. The molecule has 0 radical (unpaired) electrons. The average Bonchev–Trinajstić information content (AvgIpc) is 2.79. The van der Waals surface area contributed by atoms with Crippen molar-refractivity contribution in [2.24, 2.45) is 5.10 Å². The van der Waals surface area contributed by atoms with Crippen molar-refractivity contribution in [1.29, 1.82) is 0 Å². The number of carbonyl (C=O) groups is 2. The summed E-state index contributed by atoms with van der Waals surface area (Å²) in [7, 11) is -4.11. The van der Waals surface area contributed by atoms with E-state index in [2.05, 4.69) is 10.5 Å². The molecular weight excluding hydrogens is 437 g/mol. The number of anilines is 1. The highest BCUT2D eigenvalue weighted by Gasteiger charge is 2.27. The normalized spacial score (nSPS) is 11.3.